The quantitative estimate of drug-likeness (QED) is 0.169. The summed E-state index contributed by atoms with van der Waals surface area (Å²) >= 11 is 0. The Morgan fingerprint density at radius 1 is 0.417 bits per heavy atom. The molecule has 2 heterocycles. The lowest BCUT2D eigenvalue weighted by Crippen LogP contribution is -2.14. The highest BCUT2D eigenvalue weighted by atomic mass is 19.4. The number of para-hydroxylation sites is 4. The molecule has 0 fully saturated rings. The molecule has 0 aliphatic rings. The van der Waals surface area contributed by atoms with Gasteiger partial charge in [0.25, 0.3) is 0 Å². The zero-order chi connectivity index (χ0) is 33.5. The number of nitrogens with zero attached hydrogens (tertiary/aromatic N) is 2. The largest absolute Gasteiger partial charge is 0.418 e. The first-order chi connectivity index (χ1) is 22.9. The van der Waals surface area contributed by atoms with Gasteiger partial charge in [0.05, 0.1) is 44.6 Å². The van der Waals surface area contributed by atoms with Gasteiger partial charge in [-0.25, -0.2) is 0 Å². The number of hydrogen-bond acceptors (Lipinski definition) is 0. The molecule has 0 N–H and O–H groups in total. The number of rotatable bonds is 3. The first kappa shape index (κ1) is 29.9. The second-order valence-electron chi connectivity index (χ2n) is 12.1. The maximum Gasteiger partial charge on any atom is 0.418 e. The first-order valence-corrected chi connectivity index (χ1v) is 15.4. The van der Waals surface area contributed by atoms with E-state index in [-0.39, 0.29) is 22.5 Å². The summed E-state index contributed by atoms with van der Waals surface area (Å²) in [6, 6.07) is 32.9. The molecule has 8 heteroatoms. The standard InChI is InChI=1S/C40H26F6N2/c1-23-11-9-16-28-26-14-4-7-19-33(26)47(37(23)28)35-22-32(40(44,45)46)36(21-30(35)25-13-3-6-18-31(25)39(41,42)43)48-34-20-8-5-15-27(34)29-17-10-12-24(2)38(29)48/h3-22H,1-2H3. The van der Waals surface area contributed by atoms with Gasteiger partial charge in [-0.3, -0.25) is 0 Å². The van der Waals surface area contributed by atoms with Gasteiger partial charge in [-0.1, -0.05) is 91.0 Å². The third-order valence-corrected chi connectivity index (χ3v) is 9.22. The SMILES string of the molecule is Cc1cccc2c3ccccc3n(-c3cc(C(F)(F)F)c(-n4c5ccccc5c5cccc(C)c54)cc3-c3ccccc3C(F)(F)F)c12. The number of fused-ring (bicyclic) bond motifs is 6. The summed E-state index contributed by atoms with van der Waals surface area (Å²) in [5, 5.41) is 3.06. The molecule has 0 saturated carbocycles. The van der Waals surface area contributed by atoms with E-state index in [0.717, 1.165) is 44.8 Å². The molecule has 0 amide bonds. The van der Waals surface area contributed by atoms with Crippen LogP contribution in [0.2, 0.25) is 0 Å². The lowest BCUT2D eigenvalue weighted by atomic mass is 9.94. The van der Waals surface area contributed by atoms with Crippen molar-refractivity contribution in [1.82, 2.24) is 9.13 Å². The van der Waals surface area contributed by atoms with Crippen molar-refractivity contribution in [2.75, 3.05) is 0 Å². The van der Waals surface area contributed by atoms with E-state index < -0.39 is 23.5 Å². The highest BCUT2D eigenvalue weighted by Gasteiger charge is 2.39. The topological polar surface area (TPSA) is 9.86 Å². The van der Waals surface area contributed by atoms with Gasteiger partial charge in [0.2, 0.25) is 0 Å². The highest BCUT2D eigenvalue weighted by molar-refractivity contribution is 6.12. The van der Waals surface area contributed by atoms with Crippen molar-refractivity contribution >= 4 is 43.6 Å². The van der Waals surface area contributed by atoms with Crippen molar-refractivity contribution in [3.63, 3.8) is 0 Å². The molecule has 0 aliphatic heterocycles. The predicted molar refractivity (Wildman–Crippen MR) is 180 cm³/mol. The van der Waals surface area contributed by atoms with Gasteiger partial charge >= 0.3 is 12.4 Å². The number of hydrogen-bond donors (Lipinski definition) is 0. The van der Waals surface area contributed by atoms with Gasteiger partial charge in [0.15, 0.2) is 0 Å². The molecule has 0 aliphatic carbocycles. The Hall–Kier alpha value is -5.50. The van der Waals surface area contributed by atoms with Gasteiger partial charge < -0.3 is 9.13 Å². The van der Waals surface area contributed by atoms with Crippen molar-refractivity contribution in [2.45, 2.75) is 26.2 Å². The predicted octanol–water partition coefficient (Wildman–Crippen LogP) is 12.2. The van der Waals surface area contributed by atoms with Crippen LogP contribution in [0.5, 0.6) is 0 Å². The fourth-order valence-corrected chi connectivity index (χ4v) is 7.24. The Morgan fingerprint density at radius 2 is 0.875 bits per heavy atom. The van der Waals surface area contributed by atoms with Crippen LogP contribution >= 0.6 is 0 Å². The highest BCUT2D eigenvalue weighted by Crippen LogP contribution is 2.47. The van der Waals surface area contributed by atoms with E-state index in [1.165, 1.54) is 24.3 Å². The van der Waals surface area contributed by atoms with E-state index >= 15 is 13.2 Å². The van der Waals surface area contributed by atoms with Gasteiger partial charge in [-0.2, -0.15) is 26.3 Å². The number of aryl methyl sites for hydroxylation is 2. The minimum Gasteiger partial charge on any atom is -0.308 e. The van der Waals surface area contributed by atoms with E-state index in [4.69, 9.17) is 0 Å². The van der Waals surface area contributed by atoms with Gasteiger partial charge in [-0.05, 0) is 60.9 Å². The summed E-state index contributed by atoms with van der Waals surface area (Å²) in [6.45, 7) is 3.67. The smallest absolute Gasteiger partial charge is 0.308 e. The average molecular weight is 649 g/mol. The molecule has 0 bridgehead atoms. The molecule has 0 atom stereocenters. The summed E-state index contributed by atoms with van der Waals surface area (Å²) in [5.74, 6) is 0. The maximum atomic E-state index is 15.5. The van der Waals surface area contributed by atoms with Crippen LogP contribution in [0.1, 0.15) is 22.3 Å². The molecule has 0 spiro atoms. The van der Waals surface area contributed by atoms with Crippen LogP contribution in [0, 0.1) is 13.8 Å². The third-order valence-electron chi connectivity index (χ3n) is 9.22. The van der Waals surface area contributed by atoms with Gasteiger partial charge in [-0.15, -0.1) is 0 Å². The van der Waals surface area contributed by atoms with Crippen LogP contribution in [0.25, 0.3) is 66.1 Å². The van der Waals surface area contributed by atoms with E-state index in [1.54, 1.807) is 33.4 Å². The number of aromatic nitrogens is 2. The molecule has 8 rings (SSSR count). The van der Waals surface area contributed by atoms with Crippen LogP contribution < -0.4 is 0 Å². The van der Waals surface area contributed by atoms with Gasteiger partial charge in [0, 0.05) is 27.1 Å². The molecule has 8 aromatic rings. The Kier molecular flexibility index (Phi) is 6.54. The van der Waals surface area contributed by atoms with Crippen molar-refractivity contribution < 1.29 is 26.3 Å². The lowest BCUT2D eigenvalue weighted by molar-refractivity contribution is -0.138. The average Bonchev–Trinajstić information content (AvgIpc) is 3.58. The first-order valence-electron chi connectivity index (χ1n) is 15.4. The molecular formula is C40H26F6N2. The summed E-state index contributed by atoms with van der Waals surface area (Å²) in [6.07, 6.45) is -9.63. The number of benzene rings is 6. The Balaban J connectivity index is 1.62. The molecule has 2 nitrogen and oxygen atoms in total. The molecule has 0 unspecified atom stereocenters. The van der Waals surface area contributed by atoms with Gasteiger partial charge in [0.1, 0.15) is 0 Å². The van der Waals surface area contributed by atoms with Crippen LogP contribution in [-0.2, 0) is 12.4 Å². The summed E-state index contributed by atoms with van der Waals surface area (Å²) in [7, 11) is 0. The van der Waals surface area contributed by atoms with Crippen LogP contribution in [0.15, 0.2) is 121 Å². The van der Waals surface area contributed by atoms with Crippen LogP contribution in [0.3, 0.4) is 0 Å². The second kappa shape index (κ2) is 10.5. The molecular weight excluding hydrogens is 622 g/mol. The molecule has 6 aromatic carbocycles. The molecule has 48 heavy (non-hydrogen) atoms. The Bertz CT molecular complexity index is 2560. The van der Waals surface area contributed by atoms with Crippen LogP contribution in [-0.4, -0.2) is 9.13 Å². The third kappa shape index (κ3) is 4.43. The van der Waals surface area contributed by atoms with E-state index in [9.17, 15) is 13.2 Å². The van der Waals surface area contributed by atoms with Crippen molar-refractivity contribution in [2.24, 2.45) is 0 Å². The maximum absolute atomic E-state index is 15.5. The number of alkyl halides is 6. The van der Waals surface area contributed by atoms with E-state index in [0.29, 0.717) is 22.1 Å². The van der Waals surface area contributed by atoms with Crippen molar-refractivity contribution in [3.8, 4) is 22.5 Å². The minimum absolute atomic E-state index is 0.000708. The minimum atomic E-state index is -4.86. The molecule has 2 aromatic heterocycles. The number of halogens is 6. The Labute approximate surface area is 271 Å². The lowest BCUT2D eigenvalue weighted by Gasteiger charge is -2.24. The normalized spacial score (nSPS) is 12.6. The summed E-state index contributed by atoms with van der Waals surface area (Å²) in [4.78, 5) is 0. The Morgan fingerprint density at radius 3 is 1.42 bits per heavy atom. The van der Waals surface area contributed by atoms with Crippen LogP contribution in [0.4, 0.5) is 26.3 Å². The summed E-state index contributed by atoms with van der Waals surface area (Å²) in [5.41, 5.74) is 1.44. The monoisotopic (exact) mass is 648 g/mol. The van der Waals surface area contributed by atoms with E-state index in [1.807, 2.05) is 74.5 Å². The van der Waals surface area contributed by atoms with Crippen molar-refractivity contribution in [1.29, 1.82) is 0 Å². The van der Waals surface area contributed by atoms with E-state index in [2.05, 4.69) is 0 Å². The second-order valence-corrected chi connectivity index (χ2v) is 12.1. The molecule has 0 saturated heterocycles. The molecule has 238 valence electrons. The van der Waals surface area contributed by atoms with Crippen molar-refractivity contribution in [3.05, 3.63) is 144 Å². The zero-order valence-electron chi connectivity index (χ0n) is 25.7. The fourth-order valence-electron chi connectivity index (χ4n) is 7.24. The fraction of sp³-hybridized carbons (Fsp3) is 0.100. The molecule has 0 radical (unpaired) electrons. The zero-order valence-corrected chi connectivity index (χ0v) is 25.7. The summed E-state index contributed by atoms with van der Waals surface area (Å²) < 4.78 is 93.7.